The number of hydrogen-bond acceptors (Lipinski definition) is 2. The quantitative estimate of drug-likeness (QED) is 0.806. The van der Waals surface area contributed by atoms with Crippen LogP contribution in [0.5, 0.6) is 0 Å². The van der Waals surface area contributed by atoms with Crippen LogP contribution in [0.3, 0.4) is 0 Å². The maximum atomic E-state index is 3.69. The van der Waals surface area contributed by atoms with Crippen molar-refractivity contribution in [3.63, 3.8) is 0 Å². The Morgan fingerprint density at radius 2 is 2.43 bits per heavy atom. The molecule has 1 atom stereocenters. The van der Waals surface area contributed by atoms with Gasteiger partial charge in [0.25, 0.3) is 0 Å². The zero-order valence-electron chi connectivity index (χ0n) is 9.10. The number of rotatable bonds is 3. The Morgan fingerprint density at radius 3 is 2.93 bits per heavy atom. The van der Waals surface area contributed by atoms with Crippen LogP contribution in [-0.2, 0) is 6.42 Å². The second kappa shape index (κ2) is 4.03. The van der Waals surface area contributed by atoms with Crippen molar-refractivity contribution in [3.8, 4) is 0 Å². The molecule has 14 heavy (non-hydrogen) atoms. The highest BCUT2D eigenvalue weighted by Crippen LogP contribution is 2.30. The first-order valence-electron chi connectivity index (χ1n) is 5.54. The van der Waals surface area contributed by atoms with Crippen LogP contribution >= 0.6 is 11.3 Å². The third kappa shape index (κ3) is 1.86. The van der Waals surface area contributed by atoms with Crippen molar-refractivity contribution >= 4 is 11.3 Å². The van der Waals surface area contributed by atoms with Crippen LogP contribution in [0.4, 0.5) is 0 Å². The second-order valence-corrected chi connectivity index (χ2v) is 5.37. The molecule has 78 valence electrons. The van der Waals surface area contributed by atoms with Crippen molar-refractivity contribution < 1.29 is 0 Å². The van der Waals surface area contributed by atoms with Gasteiger partial charge in [0, 0.05) is 16.8 Å². The SMILES string of the molecule is CCC1(Cc2sccc2C)CCCN1. The van der Waals surface area contributed by atoms with Crippen molar-refractivity contribution in [2.24, 2.45) is 0 Å². The molecule has 1 fully saturated rings. The van der Waals surface area contributed by atoms with E-state index in [1.54, 1.807) is 4.88 Å². The average molecular weight is 209 g/mol. The highest BCUT2D eigenvalue weighted by Gasteiger charge is 2.32. The molecule has 0 bridgehead atoms. The lowest BCUT2D eigenvalue weighted by molar-refractivity contribution is 0.362. The van der Waals surface area contributed by atoms with Gasteiger partial charge in [-0.2, -0.15) is 0 Å². The lowest BCUT2D eigenvalue weighted by Crippen LogP contribution is -2.41. The fraction of sp³-hybridized carbons (Fsp3) is 0.667. The molecule has 0 radical (unpaired) electrons. The van der Waals surface area contributed by atoms with E-state index in [0.29, 0.717) is 5.54 Å². The van der Waals surface area contributed by atoms with Gasteiger partial charge in [-0.05, 0) is 49.7 Å². The van der Waals surface area contributed by atoms with Gasteiger partial charge < -0.3 is 5.32 Å². The van der Waals surface area contributed by atoms with Gasteiger partial charge in [0.15, 0.2) is 0 Å². The van der Waals surface area contributed by atoms with Gasteiger partial charge in [0.2, 0.25) is 0 Å². The summed E-state index contributed by atoms with van der Waals surface area (Å²) in [6.45, 7) is 5.74. The van der Waals surface area contributed by atoms with Crippen LogP contribution in [0.15, 0.2) is 11.4 Å². The van der Waals surface area contributed by atoms with Gasteiger partial charge in [0.05, 0.1) is 0 Å². The van der Waals surface area contributed by atoms with E-state index in [0.717, 1.165) is 0 Å². The topological polar surface area (TPSA) is 12.0 Å². The summed E-state index contributed by atoms with van der Waals surface area (Å²) in [7, 11) is 0. The monoisotopic (exact) mass is 209 g/mol. The van der Waals surface area contributed by atoms with Gasteiger partial charge in [-0.3, -0.25) is 0 Å². The molecule has 2 heterocycles. The van der Waals surface area contributed by atoms with E-state index in [9.17, 15) is 0 Å². The number of nitrogens with one attached hydrogen (secondary N) is 1. The first-order valence-corrected chi connectivity index (χ1v) is 6.42. The first kappa shape index (κ1) is 10.2. The van der Waals surface area contributed by atoms with E-state index < -0.39 is 0 Å². The summed E-state index contributed by atoms with van der Waals surface area (Å²) in [6, 6.07) is 2.23. The molecule has 1 aromatic rings. The van der Waals surface area contributed by atoms with E-state index >= 15 is 0 Å². The van der Waals surface area contributed by atoms with Crippen molar-refractivity contribution in [3.05, 3.63) is 21.9 Å². The Bertz CT molecular complexity index is 297. The largest absolute Gasteiger partial charge is 0.311 e. The van der Waals surface area contributed by atoms with Crippen LogP contribution < -0.4 is 5.32 Å². The Labute approximate surface area is 90.5 Å². The standard InChI is InChI=1S/C12H19NS/c1-3-12(6-4-7-13-12)9-11-10(2)5-8-14-11/h5,8,13H,3-4,6-7,9H2,1-2H3. The summed E-state index contributed by atoms with van der Waals surface area (Å²) < 4.78 is 0. The van der Waals surface area contributed by atoms with E-state index in [1.807, 2.05) is 11.3 Å². The molecule has 1 aliphatic rings. The minimum absolute atomic E-state index is 0.412. The molecule has 2 heteroatoms. The Balaban J connectivity index is 2.12. The third-order valence-electron chi connectivity index (χ3n) is 3.48. The molecule has 0 saturated carbocycles. The predicted octanol–water partition coefficient (Wildman–Crippen LogP) is 3.13. The van der Waals surface area contributed by atoms with Crippen LogP contribution in [0, 0.1) is 6.92 Å². The molecule has 0 amide bonds. The van der Waals surface area contributed by atoms with E-state index in [4.69, 9.17) is 0 Å². The molecule has 2 rings (SSSR count). The smallest absolute Gasteiger partial charge is 0.0227 e. The molecule has 1 aliphatic heterocycles. The fourth-order valence-electron chi connectivity index (χ4n) is 2.34. The van der Waals surface area contributed by atoms with Gasteiger partial charge in [-0.25, -0.2) is 0 Å². The highest BCUT2D eigenvalue weighted by molar-refractivity contribution is 7.10. The van der Waals surface area contributed by atoms with Gasteiger partial charge >= 0.3 is 0 Å². The van der Waals surface area contributed by atoms with Crippen LogP contribution in [-0.4, -0.2) is 12.1 Å². The fourth-order valence-corrected chi connectivity index (χ4v) is 3.39. The van der Waals surface area contributed by atoms with Crippen molar-refractivity contribution in [2.45, 2.75) is 45.1 Å². The number of thiophene rings is 1. The minimum Gasteiger partial charge on any atom is -0.311 e. The molecular formula is C12H19NS. The summed E-state index contributed by atoms with van der Waals surface area (Å²) in [5.41, 5.74) is 1.88. The predicted molar refractivity (Wildman–Crippen MR) is 63.0 cm³/mol. The number of hydrogen-bond donors (Lipinski definition) is 1. The molecule has 1 nitrogen and oxygen atoms in total. The highest BCUT2D eigenvalue weighted by atomic mass is 32.1. The summed E-state index contributed by atoms with van der Waals surface area (Å²) in [4.78, 5) is 1.57. The molecule has 1 unspecified atom stereocenters. The number of aryl methyl sites for hydroxylation is 1. The minimum atomic E-state index is 0.412. The molecule has 1 aromatic heterocycles. The average Bonchev–Trinajstić information content (AvgIpc) is 2.79. The third-order valence-corrected chi connectivity index (χ3v) is 4.50. The van der Waals surface area contributed by atoms with Gasteiger partial charge in [-0.1, -0.05) is 6.92 Å². The molecule has 1 N–H and O–H groups in total. The zero-order chi connectivity index (χ0) is 10.0. The maximum absolute atomic E-state index is 3.69. The Kier molecular flexibility index (Phi) is 2.93. The van der Waals surface area contributed by atoms with Crippen LogP contribution in [0.25, 0.3) is 0 Å². The summed E-state index contributed by atoms with van der Waals surface area (Å²) in [6.07, 6.45) is 5.18. The molecule has 0 aliphatic carbocycles. The molecule has 1 saturated heterocycles. The van der Waals surface area contributed by atoms with Crippen LogP contribution in [0.2, 0.25) is 0 Å². The summed E-state index contributed by atoms with van der Waals surface area (Å²) >= 11 is 1.91. The van der Waals surface area contributed by atoms with E-state index in [2.05, 4.69) is 30.6 Å². The normalized spacial score (nSPS) is 27.0. The molecule has 0 spiro atoms. The summed E-state index contributed by atoms with van der Waals surface area (Å²) in [5.74, 6) is 0. The molecule has 0 aromatic carbocycles. The summed E-state index contributed by atoms with van der Waals surface area (Å²) in [5, 5.41) is 5.90. The maximum Gasteiger partial charge on any atom is 0.0227 e. The Hall–Kier alpha value is -0.340. The van der Waals surface area contributed by atoms with E-state index in [-0.39, 0.29) is 0 Å². The van der Waals surface area contributed by atoms with Crippen molar-refractivity contribution in [1.29, 1.82) is 0 Å². The molecular weight excluding hydrogens is 190 g/mol. The lowest BCUT2D eigenvalue weighted by atomic mass is 9.89. The van der Waals surface area contributed by atoms with E-state index in [1.165, 1.54) is 37.8 Å². The first-order chi connectivity index (χ1) is 6.76. The zero-order valence-corrected chi connectivity index (χ0v) is 9.91. The lowest BCUT2D eigenvalue weighted by Gasteiger charge is -2.28. The van der Waals surface area contributed by atoms with Gasteiger partial charge in [-0.15, -0.1) is 11.3 Å². The van der Waals surface area contributed by atoms with Crippen molar-refractivity contribution in [2.75, 3.05) is 6.54 Å². The van der Waals surface area contributed by atoms with Crippen molar-refractivity contribution in [1.82, 2.24) is 5.32 Å². The Morgan fingerprint density at radius 1 is 1.57 bits per heavy atom. The second-order valence-electron chi connectivity index (χ2n) is 4.37. The van der Waals surface area contributed by atoms with Crippen LogP contribution in [0.1, 0.15) is 36.6 Å². The van der Waals surface area contributed by atoms with Gasteiger partial charge in [0.1, 0.15) is 0 Å².